The fourth-order valence-electron chi connectivity index (χ4n) is 0.764. The van der Waals surface area contributed by atoms with Gasteiger partial charge in [0.05, 0.1) is 6.61 Å². The highest BCUT2D eigenvalue weighted by atomic mass is 32.2. The maximum Gasteiger partial charge on any atom is 0.301 e. The summed E-state index contributed by atoms with van der Waals surface area (Å²) in [5.74, 6) is 0. The summed E-state index contributed by atoms with van der Waals surface area (Å²) in [6.45, 7) is 0.208. The zero-order chi connectivity index (χ0) is 8.81. The molecule has 0 aromatic carbocycles. The lowest BCUT2D eigenvalue weighted by Crippen LogP contribution is -2.01. The molecular formula is C7H9NO3S. The lowest BCUT2D eigenvalue weighted by atomic mass is 10.3. The second-order valence-corrected chi connectivity index (χ2v) is 2.78. The summed E-state index contributed by atoms with van der Waals surface area (Å²) in [7, 11) is 0. The third-order valence-corrected chi connectivity index (χ3v) is 1.64. The van der Waals surface area contributed by atoms with Crippen LogP contribution < -0.4 is 0 Å². The molecule has 0 bridgehead atoms. The molecule has 1 aromatic rings. The predicted octanol–water partition coefficient (Wildman–Crippen LogP) is 0.777. The van der Waals surface area contributed by atoms with Crippen LogP contribution in [0.25, 0.3) is 0 Å². The third-order valence-electron chi connectivity index (χ3n) is 1.27. The SMILES string of the molecule is O=S(O)OCCc1ccccn1. The van der Waals surface area contributed by atoms with Crippen LogP contribution in [0.3, 0.4) is 0 Å². The monoisotopic (exact) mass is 187 g/mol. The summed E-state index contributed by atoms with van der Waals surface area (Å²) in [6.07, 6.45) is 2.22. The molecule has 0 aliphatic heterocycles. The summed E-state index contributed by atoms with van der Waals surface area (Å²) < 4.78 is 22.8. The molecule has 1 unspecified atom stereocenters. The summed E-state index contributed by atoms with van der Waals surface area (Å²) in [5.41, 5.74) is 0.850. The number of nitrogens with zero attached hydrogens (tertiary/aromatic N) is 1. The fraction of sp³-hybridized carbons (Fsp3) is 0.286. The number of rotatable bonds is 4. The quantitative estimate of drug-likeness (QED) is 0.707. The Morgan fingerprint density at radius 3 is 3.00 bits per heavy atom. The van der Waals surface area contributed by atoms with Gasteiger partial charge >= 0.3 is 11.4 Å². The van der Waals surface area contributed by atoms with Crippen LogP contribution in [0.1, 0.15) is 5.69 Å². The van der Waals surface area contributed by atoms with E-state index in [-0.39, 0.29) is 6.61 Å². The summed E-state index contributed by atoms with van der Waals surface area (Å²) in [4.78, 5) is 4.01. The van der Waals surface area contributed by atoms with Crippen LogP contribution in [0.15, 0.2) is 24.4 Å². The van der Waals surface area contributed by atoms with E-state index in [2.05, 4.69) is 9.17 Å². The second-order valence-electron chi connectivity index (χ2n) is 2.11. The Balaban J connectivity index is 2.29. The Kier molecular flexibility index (Phi) is 3.86. The molecule has 0 aliphatic carbocycles. The highest BCUT2D eigenvalue weighted by Gasteiger charge is 1.95. The van der Waals surface area contributed by atoms with Crippen molar-refractivity contribution in [1.29, 1.82) is 0 Å². The summed E-state index contributed by atoms with van der Waals surface area (Å²) in [6, 6.07) is 5.51. The van der Waals surface area contributed by atoms with Gasteiger partial charge in [-0.15, -0.1) is 0 Å². The van der Waals surface area contributed by atoms with Gasteiger partial charge < -0.3 is 0 Å². The molecule has 12 heavy (non-hydrogen) atoms. The van der Waals surface area contributed by atoms with Gasteiger partial charge in [0.2, 0.25) is 0 Å². The van der Waals surface area contributed by atoms with Crippen molar-refractivity contribution in [2.45, 2.75) is 6.42 Å². The van der Waals surface area contributed by atoms with Crippen molar-refractivity contribution in [3.05, 3.63) is 30.1 Å². The number of hydrogen-bond donors (Lipinski definition) is 1. The standard InChI is InChI=1S/C7H9NO3S/c9-12(10)11-6-4-7-3-1-2-5-8-7/h1-3,5H,4,6H2,(H,9,10). The number of hydrogen-bond acceptors (Lipinski definition) is 3. The molecule has 4 nitrogen and oxygen atoms in total. The Bertz CT molecular complexity index is 252. The van der Waals surface area contributed by atoms with E-state index in [0.29, 0.717) is 6.42 Å². The maximum atomic E-state index is 10.1. The molecule has 1 rings (SSSR count). The van der Waals surface area contributed by atoms with Crippen molar-refractivity contribution in [2.75, 3.05) is 6.61 Å². The zero-order valence-corrected chi connectivity index (χ0v) is 7.16. The minimum Gasteiger partial charge on any atom is -0.284 e. The normalized spacial score (nSPS) is 12.8. The molecule has 66 valence electrons. The van der Waals surface area contributed by atoms with Gasteiger partial charge in [-0.05, 0) is 12.1 Å². The van der Waals surface area contributed by atoms with E-state index in [1.54, 1.807) is 6.20 Å². The molecule has 0 radical (unpaired) electrons. The highest BCUT2D eigenvalue weighted by Crippen LogP contribution is 1.95. The van der Waals surface area contributed by atoms with Crippen LogP contribution in [0.2, 0.25) is 0 Å². The van der Waals surface area contributed by atoms with Gasteiger partial charge in [-0.1, -0.05) is 6.07 Å². The average Bonchev–Trinajstić information content (AvgIpc) is 2.05. The van der Waals surface area contributed by atoms with Crippen LogP contribution in [0.4, 0.5) is 0 Å². The van der Waals surface area contributed by atoms with Gasteiger partial charge in [0.25, 0.3) is 0 Å². The van der Waals surface area contributed by atoms with E-state index in [0.717, 1.165) is 5.69 Å². The first-order valence-corrected chi connectivity index (χ1v) is 4.46. The minimum atomic E-state index is -2.17. The van der Waals surface area contributed by atoms with Gasteiger partial charge in [0, 0.05) is 18.3 Å². The van der Waals surface area contributed by atoms with Gasteiger partial charge in [0.15, 0.2) is 0 Å². The smallest absolute Gasteiger partial charge is 0.284 e. The van der Waals surface area contributed by atoms with E-state index in [1.807, 2.05) is 18.2 Å². The molecule has 1 atom stereocenters. The van der Waals surface area contributed by atoms with Gasteiger partial charge in [-0.25, -0.2) is 0 Å². The van der Waals surface area contributed by atoms with E-state index >= 15 is 0 Å². The number of pyridine rings is 1. The van der Waals surface area contributed by atoms with Crippen LogP contribution in [-0.4, -0.2) is 20.4 Å². The van der Waals surface area contributed by atoms with Crippen LogP contribution in [0, 0.1) is 0 Å². The molecule has 0 fully saturated rings. The van der Waals surface area contributed by atoms with Crippen molar-refractivity contribution >= 4 is 11.4 Å². The average molecular weight is 187 g/mol. The highest BCUT2D eigenvalue weighted by molar-refractivity contribution is 7.74. The van der Waals surface area contributed by atoms with Gasteiger partial charge in [-0.2, -0.15) is 4.21 Å². The second kappa shape index (κ2) is 4.97. The van der Waals surface area contributed by atoms with Gasteiger partial charge in [0.1, 0.15) is 0 Å². The molecule has 0 aliphatic rings. The summed E-state index contributed by atoms with van der Waals surface area (Å²) in [5, 5.41) is 0. The topological polar surface area (TPSA) is 59.4 Å². The molecule has 1 N–H and O–H groups in total. The first kappa shape index (κ1) is 9.31. The first-order chi connectivity index (χ1) is 5.79. The summed E-state index contributed by atoms with van der Waals surface area (Å²) >= 11 is -2.17. The molecular weight excluding hydrogens is 178 g/mol. The lowest BCUT2D eigenvalue weighted by molar-refractivity contribution is 0.309. The van der Waals surface area contributed by atoms with Crippen molar-refractivity contribution in [2.24, 2.45) is 0 Å². The molecule has 1 heterocycles. The Hall–Kier alpha value is -0.780. The number of aromatic nitrogens is 1. The van der Waals surface area contributed by atoms with Crippen molar-refractivity contribution < 1.29 is 12.9 Å². The van der Waals surface area contributed by atoms with Crippen LogP contribution >= 0.6 is 0 Å². The molecule has 0 saturated heterocycles. The van der Waals surface area contributed by atoms with Crippen molar-refractivity contribution in [3.63, 3.8) is 0 Å². The van der Waals surface area contributed by atoms with Crippen molar-refractivity contribution in [1.82, 2.24) is 4.98 Å². The minimum absolute atomic E-state index is 0.208. The van der Waals surface area contributed by atoms with Crippen LogP contribution in [0.5, 0.6) is 0 Å². The predicted molar refractivity (Wildman–Crippen MR) is 44.7 cm³/mol. The molecule has 0 amide bonds. The van der Waals surface area contributed by atoms with E-state index in [4.69, 9.17) is 4.55 Å². The maximum absolute atomic E-state index is 10.1. The molecule has 5 heteroatoms. The fourth-order valence-corrected chi connectivity index (χ4v) is 0.989. The third kappa shape index (κ3) is 3.56. The van der Waals surface area contributed by atoms with E-state index < -0.39 is 11.4 Å². The van der Waals surface area contributed by atoms with Crippen LogP contribution in [-0.2, 0) is 22.0 Å². The van der Waals surface area contributed by atoms with Gasteiger partial charge in [-0.3, -0.25) is 13.7 Å². The Morgan fingerprint density at radius 2 is 2.42 bits per heavy atom. The largest absolute Gasteiger partial charge is 0.301 e. The molecule has 1 aromatic heterocycles. The Labute approximate surface area is 73.1 Å². The Morgan fingerprint density at radius 1 is 1.58 bits per heavy atom. The molecule has 0 saturated carbocycles. The molecule has 0 spiro atoms. The zero-order valence-electron chi connectivity index (χ0n) is 6.34. The van der Waals surface area contributed by atoms with E-state index in [1.165, 1.54) is 0 Å². The first-order valence-electron chi connectivity index (χ1n) is 3.43. The van der Waals surface area contributed by atoms with E-state index in [9.17, 15) is 4.21 Å². The van der Waals surface area contributed by atoms with Crippen molar-refractivity contribution in [3.8, 4) is 0 Å². The lowest BCUT2D eigenvalue weighted by Gasteiger charge is -1.97.